The summed E-state index contributed by atoms with van der Waals surface area (Å²) < 4.78 is 0. The predicted molar refractivity (Wildman–Crippen MR) is 66.7 cm³/mol. The van der Waals surface area contributed by atoms with Crippen molar-refractivity contribution in [2.75, 3.05) is 19.5 Å². The van der Waals surface area contributed by atoms with Gasteiger partial charge in [-0.3, -0.25) is 0 Å². The average Bonchev–Trinajstić information content (AvgIpc) is 2.81. The van der Waals surface area contributed by atoms with E-state index in [9.17, 15) is 0 Å². The van der Waals surface area contributed by atoms with Crippen molar-refractivity contribution in [2.45, 2.75) is 45.7 Å². The second kappa shape index (κ2) is 4.30. The molecule has 0 nitrogen and oxygen atoms in total. The van der Waals surface area contributed by atoms with E-state index in [2.05, 4.69) is 34.1 Å². The molecule has 0 aromatic rings. The fourth-order valence-electron chi connectivity index (χ4n) is 2.56. The van der Waals surface area contributed by atoms with Crippen LogP contribution in [0.15, 0.2) is 0 Å². The normalized spacial score (nSPS) is 22.0. The minimum absolute atomic E-state index is 0.816. The van der Waals surface area contributed by atoms with Crippen LogP contribution in [0.25, 0.3) is 0 Å². The van der Waals surface area contributed by atoms with Crippen molar-refractivity contribution in [3.8, 4) is 0 Å². The first-order chi connectivity index (χ1) is 5.97. The van der Waals surface area contributed by atoms with E-state index in [0.29, 0.717) is 0 Å². The van der Waals surface area contributed by atoms with Crippen LogP contribution < -0.4 is 0 Å². The molecule has 1 rings (SSSR count). The molecule has 1 atom stereocenters. The third-order valence-electron chi connectivity index (χ3n) is 3.94. The molecule has 1 aliphatic carbocycles. The summed E-state index contributed by atoms with van der Waals surface area (Å²) in [6.07, 6.45) is 6.06. The van der Waals surface area contributed by atoms with Gasteiger partial charge in [-0.15, -0.1) is 0 Å². The van der Waals surface area contributed by atoms with Crippen molar-refractivity contribution in [3.63, 3.8) is 0 Å². The van der Waals surface area contributed by atoms with Crippen LogP contribution in [0.1, 0.15) is 40.0 Å². The van der Waals surface area contributed by atoms with Gasteiger partial charge < -0.3 is 0 Å². The molecule has 0 aliphatic heterocycles. The van der Waals surface area contributed by atoms with Gasteiger partial charge in [0.25, 0.3) is 0 Å². The Labute approximate surface area is 84.8 Å². The molecule has 0 aromatic heterocycles. The zero-order valence-electron chi connectivity index (χ0n) is 10.1. The van der Waals surface area contributed by atoms with Crippen molar-refractivity contribution in [2.24, 2.45) is 11.8 Å². The number of hydrogen-bond donors (Lipinski definition) is 0. The summed E-state index contributed by atoms with van der Waals surface area (Å²) in [7, 11) is -0.816. The fraction of sp³-hybridized carbons (Fsp3) is 1.00. The Hall–Kier alpha value is 0.430. The van der Waals surface area contributed by atoms with Gasteiger partial charge in [-0.2, -0.15) is 0 Å². The molecule has 0 bridgehead atoms. The van der Waals surface area contributed by atoms with Crippen LogP contribution in [0, 0.1) is 11.8 Å². The molecule has 13 heavy (non-hydrogen) atoms. The molecule has 1 heteroatoms. The summed E-state index contributed by atoms with van der Waals surface area (Å²) >= 11 is 0. The van der Waals surface area contributed by atoms with Crippen LogP contribution in [0.4, 0.5) is 0 Å². The Balaban J connectivity index is 2.43. The molecule has 0 spiro atoms. The summed E-state index contributed by atoms with van der Waals surface area (Å²) in [5.74, 6) is 1.90. The molecule has 0 radical (unpaired) electrons. The molecule has 1 unspecified atom stereocenters. The Bertz CT molecular complexity index is 157. The zero-order valence-corrected chi connectivity index (χ0v) is 11.1. The van der Waals surface area contributed by atoms with E-state index in [-0.39, 0.29) is 0 Å². The third kappa shape index (κ3) is 3.24. The zero-order chi connectivity index (χ0) is 10.1. The first kappa shape index (κ1) is 11.5. The maximum absolute atomic E-state index is 2.61. The van der Waals surface area contributed by atoms with E-state index in [4.69, 9.17) is 0 Å². The number of rotatable bonds is 5. The molecule has 1 fully saturated rings. The van der Waals surface area contributed by atoms with Crippen molar-refractivity contribution in [1.82, 2.24) is 0 Å². The van der Waals surface area contributed by atoms with Crippen LogP contribution in [-0.2, 0) is 0 Å². The monoisotopic (exact) mass is 202 g/mol. The Kier molecular flexibility index (Phi) is 3.81. The molecule has 0 N–H and O–H groups in total. The average molecular weight is 202 g/mol. The maximum atomic E-state index is 2.61. The van der Waals surface area contributed by atoms with Crippen LogP contribution in [0.2, 0.25) is 0 Å². The second-order valence-corrected chi connectivity index (χ2v) is 11.1. The molecule has 0 saturated heterocycles. The summed E-state index contributed by atoms with van der Waals surface area (Å²) in [5.41, 5.74) is 1.18. The van der Waals surface area contributed by atoms with Crippen LogP contribution in [0.3, 0.4) is 0 Å². The van der Waals surface area contributed by atoms with Gasteiger partial charge in [0.1, 0.15) is 0 Å². The van der Waals surface area contributed by atoms with E-state index < -0.39 is 7.26 Å². The molecule has 0 amide bonds. The fourth-order valence-corrected chi connectivity index (χ4v) is 6.73. The summed E-state index contributed by atoms with van der Waals surface area (Å²) in [5, 5.41) is 0. The van der Waals surface area contributed by atoms with Gasteiger partial charge in [-0.25, -0.2) is 0 Å². The van der Waals surface area contributed by atoms with Gasteiger partial charge in [0, 0.05) is 0 Å². The molecule has 0 heterocycles. The van der Waals surface area contributed by atoms with Crippen molar-refractivity contribution in [3.05, 3.63) is 0 Å². The molecule has 1 aliphatic rings. The third-order valence-corrected chi connectivity index (χ3v) is 8.30. The molecular formula is C12H27P. The van der Waals surface area contributed by atoms with Gasteiger partial charge >= 0.3 is 84.3 Å². The van der Waals surface area contributed by atoms with Gasteiger partial charge in [-0.1, -0.05) is 0 Å². The van der Waals surface area contributed by atoms with E-state index in [1.54, 1.807) is 19.0 Å². The van der Waals surface area contributed by atoms with Gasteiger partial charge in [0.2, 0.25) is 0 Å². The van der Waals surface area contributed by atoms with Gasteiger partial charge in [0.15, 0.2) is 0 Å². The van der Waals surface area contributed by atoms with Crippen molar-refractivity contribution >= 4 is 7.26 Å². The first-order valence-electron chi connectivity index (χ1n) is 5.97. The van der Waals surface area contributed by atoms with Crippen LogP contribution in [-0.4, -0.2) is 25.2 Å². The standard InChI is InChI=1S/C12H27P/c1-6-11(10(2)3)9-13(4,5)12-7-8-12/h10-13H,6-9H2,1-5H3. The molecule has 1 saturated carbocycles. The predicted octanol–water partition coefficient (Wildman–Crippen LogP) is 3.84. The van der Waals surface area contributed by atoms with Crippen LogP contribution >= 0.6 is 7.26 Å². The van der Waals surface area contributed by atoms with Crippen molar-refractivity contribution < 1.29 is 0 Å². The quantitative estimate of drug-likeness (QED) is 0.594. The summed E-state index contributed by atoms with van der Waals surface area (Å²) in [6, 6.07) is 0. The first-order valence-corrected chi connectivity index (χ1v) is 9.25. The van der Waals surface area contributed by atoms with Crippen molar-refractivity contribution in [1.29, 1.82) is 0 Å². The summed E-state index contributed by atoms with van der Waals surface area (Å²) in [6.45, 7) is 12.4. The van der Waals surface area contributed by atoms with E-state index in [1.807, 2.05) is 0 Å². The summed E-state index contributed by atoms with van der Waals surface area (Å²) in [4.78, 5) is 0. The van der Waals surface area contributed by atoms with E-state index in [0.717, 1.165) is 11.8 Å². The van der Waals surface area contributed by atoms with E-state index in [1.165, 1.54) is 12.1 Å². The second-order valence-electron chi connectivity index (χ2n) is 5.88. The minimum atomic E-state index is -0.816. The Morgan fingerprint density at radius 3 is 2.08 bits per heavy atom. The SMILES string of the molecule is CCC(C[PH](C)(C)C1CC1)C(C)C. The Morgan fingerprint density at radius 1 is 1.23 bits per heavy atom. The van der Waals surface area contributed by atoms with E-state index >= 15 is 0 Å². The Morgan fingerprint density at radius 2 is 1.77 bits per heavy atom. The molecule has 0 aromatic carbocycles. The van der Waals surface area contributed by atoms with Crippen LogP contribution in [0.5, 0.6) is 0 Å². The molecular weight excluding hydrogens is 175 g/mol. The van der Waals surface area contributed by atoms with Gasteiger partial charge in [0.05, 0.1) is 0 Å². The molecule has 80 valence electrons. The van der Waals surface area contributed by atoms with Gasteiger partial charge in [-0.05, 0) is 0 Å². The topological polar surface area (TPSA) is 0 Å². The number of hydrogen-bond acceptors (Lipinski definition) is 0.